The SMILES string of the molecule is COC1CCN(C(=O)c2cncc(NN)n2)C(C)C1. The maximum atomic E-state index is 12.4. The number of piperidine rings is 1. The van der Waals surface area contributed by atoms with E-state index in [1.165, 1.54) is 12.4 Å². The van der Waals surface area contributed by atoms with Gasteiger partial charge in [0.1, 0.15) is 5.69 Å². The Labute approximate surface area is 112 Å². The largest absolute Gasteiger partial charge is 0.381 e. The molecule has 0 radical (unpaired) electrons. The highest BCUT2D eigenvalue weighted by atomic mass is 16.5. The van der Waals surface area contributed by atoms with Gasteiger partial charge in [-0.05, 0) is 19.8 Å². The average Bonchev–Trinajstić information content (AvgIpc) is 2.46. The molecule has 19 heavy (non-hydrogen) atoms. The standard InChI is InChI=1S/C12H19N5O2/c1-8-5-9(19-2)3-4-17(8)12(18)10-6-14-7-11(15-10)16-13/h6-9H,3-5,13H2,1-2H3,(H,15,16). The molecule has 1 aromatic rings. The van der Waals surface area contributed by atoms with Crippen molar-refractivity contribution in [2.75, 3.05) is 19.1 Å². The first-order valence-corrected chi connectivity index (χ1v) is 6.28. The molecular formula is C12H19N5O2. The number of hydrazine groups is 1. The van der Waals surface area contributed by atoms with Crippen molar-refractivity contribution in [2.24, 2.45) is 5.84 Å². The second-order valence-corrected chi connectivity index (χ2v) is 4.66. The van der Waals surface area contributed by atoms with Crippen molar-refractivity contribution in [1.82, 2.24) is 14.9 Å². The van der Waals surface area contributed by atoms with Crippen molar-refractivity contribution in [1.29, 1.82) is 0 Å². The lowest BCUT2D eigenvalue weighted by Crippen LogP contribution is -2.46. The maximum Gasteiger partial charge on any atom is 0.274 e. The number of rotatable bonds is 3. The first-order valence-electron chi connectivity index (χ1n) is 6.28. The molecule has 2 rings (SSSR count). The molecule has 1 saturated heterocycles. The molecule has 1 aliphatic rings. The third-order valence-electron chi connectivity index (χ3n) is 3.42. The Kier molecular flexibility index (Phi) is 4.28. The number of hydrogen-bond donors (Lipinski definition) is 2. The van der Waals surface area contributed by atoms with Crippen LogP contribution in [0.25, 0.3) is 0 Å². The van der Waals surface area contributed by atoms with E-state index >= 15 is 0 Å². The molecule has 2 atom stereocenters. The van der Waals surface area contributed by atoms with Crippen LogP contribution >= 0.6 is 0 Å². The fourth-order valence-corrected chi connectivity index (χ4v) is 2.33. The van der Waals surface area contributed by atoms with Crippen molar-refractivity contribution in [3.8, 4) is 0 Å². The summed E-state index contributed by atoms with van der Waals surface area (Å²) >= 11 is 0. The minimum absolute atomic E-state index is 0.119. The van der Waals surface area contributed by atoms with Gasteiger partial charge >= 0.3 is 0 Å². The molecule has 0 aliphatic carbocycles. The van der Waals surface area contributed by atoms with Crippen molar-refractivity contribution < 1.29 is 9.53 Å². The molecule has 2 unspecified atom stereocenters. The fourth-order valence-electron chi connectivity index (χ4n) is 2.33. The summed E-state index contributed by atoms with van der Waals surface area (Å²) in [5.74, 6) is 5.53. The summed E-state index contributed by atoms with van der Waals surface area (Å²) in [7, 11) is 1.71. The number of amides is 1. The number of carbonyl (C=O) groups excluding carboxylic acids is 1. The molecule has 1 aliphatic heterocycles. The minimum atomic E-state index is -0.119. The number of ether oxygens (including phenoxy) is 1. The molecule has 1 aromatic heterocycles. The molecule has 3 N–H and O–H groups in total. The minimum Gasteiger partial charge on any atom is -0.381 e. The number of aromatic nitrogens is 2. The summed E-state index contributed by atoms with van der Waals surface area (Å²) < 4.78 is 5.34. The van der Waals surface area contributed by atoms with Crippen molar-refractivity contribution in [3.63, 3.8) is 0 Å². The van der Waals surface area contributed by atoms with E-state index in [1.54, 1.807) is 12.0 Å². The molecule has 2 heterocycles. The van der Waals surface area contributed by atoms with Gasteiger partial charge in [0.25, 0.3) is 5.91 Å². The summed E-state index contributed by atoms with van der Waals surface area (Å²) in [5.41, 5.74) is 2.69. The topological polar surface area (TPSA) is 93.4 Å². The van der Waals surface area contributed by atoms with E-state index < -0.39 is 0 Å². The van der Waals surface area contributed by atoms with E-state index in [4.69, 9.17) is 10.6 Å². The summed E-state index contributed by atoms with van der Waals surface area (Å²) in [6, 6.07) is 0.127. The number of nitrogen functional groups attached to an aromatic ring is 1. The number of anilines is 1. The predicted octanol–water partition coefficient (Wildman–Crippen LogP) is 0.402. The molecule has 0 bridgehead atoms. The Morgan fingerprint density at radius 3 is 3.00 bits per heavy atom. The lowest BCUT2D eigenvalue weighted by Gasteiger charge is -2.36. The third-order valence-corrected chi connectivity index (χ3v) is 3.42. The number of nitrogens with one attached hydrogen (secondary N) is 1. The van der Waals surface area contributed by atoms with Crippen LogP contribution in [0.15, 0.2) is 12.4 Å². The van der Waals surface area contributed by atoms with Gasteiger partial charge in [0.2, 0.25) is 0 Å². The lowest BCUT2D eigenvalue weighted by molar-refractivity contribution is 0.0157. The van der Waals surface area contributed by atoms with Crippen LogP contribution in [0.5, 0.6) is 0 Å². The molecule has 104 valence electrons. The van der Waals surface area contributed by atoms with Crippen molar-refractivity contribution in [3.05, 3.63) is 18.1 Å². The van der Waals surface area contributed by atoms with Gasteiger partial charge in [-0.3, -0.25) is 9.78 Å². The maximum absolute atomic E-state index is 12.4. The zero-order valence-electron chi connectivity index (χ0n) is 11.2. The Morgan fingerprint density at radius 1 is 1.58 bits per heavy atom. The van der Waals surface area contributed by atoms with E-state index in [9.17, 15) is 4.79 Å². The Hall–Kier alpha value is -1.73. The van der Waals surface area contributed by atoms with E-state index in [2.05, 4.69) is 15.4 Å². The Balaban J connectivity index is 2.11. The number of nitrogens with zero attached hydrogens (tertiary/aromatic N) is 3. The molecule has 7 nitrogen and oxygen atoms in total. The number of carbonyl (C=O) groups is 1. The summed E-state index contributed by atoms with van der Waals surface area (Å²) in [6.45, 7) is 2.68. The van der Waals surface area contributed by atoms with Crippen molar-refractivity contribution >= 4 is 11.7 Å². The zero-order valence-corrected chi connectivity index (χ0v) is 11.2. The van der Waals surface area contributed by atoms with Crippen LogP contribution in [0.3, 0.4) is 0 Å². The molecule has 1 fully saturated rings. The monoisotopic (exact) mass is 265 g/mol. The van der Waals surface area contributed by atoms with E-state index in [0.717, 1.165) is 12.8 Å². The van der Waals surface area contributed by atoms with Gasteiger partial charge in [0, 0.05) is 19.7 Å². The quantitative estimate of drug-likeness (QED) is 0.607. The molecule has 0 aromatic carbocycles. The number of hydrogen-bond acceptors (Lipinski definition) is 6. The molecule has 0 spiro atoms. The molecule has 7 heteroatoms. The number of likely N-dealkylation sites (tertiary alicyclic amines) is 1. The van der Waals surface area contributed by atoms with Crippen LogP contribution in [-0.4, -0.2) is 46.6 Å². The second-order valence-electron chi connectivity index (χ2n) is 4.66. The van der Waals surface area contributed by atoms with Gasteiger partial charge in [-0.1, -0.05) is 0 Å². The first kappa shape index (κ1) is 13.7. The lowest BCUT2D eigenvalue weighted by atomic mass is 10.0. The summed E-state index contributed by atoms with van der Waals surface area (Å²) in [4.78, 5) is 22.3. The third kappa shape index (κ3) is 2.99. The zero-order chi connectivity index (χ0) is 13.8. The van der Waals surface area contributed by atoms with Gasteiger partial charge in [-0.2, -0.15) is 0 Å². The second kappa shape index (κ2) is 5.94. The van der Waals surface area contributed by atoms with Gasteiger partial charge in [0.05, 0.1) is 18.5 Å². The highest BCUT2D eigenvalue weighted by molar-refractivity contribution is 5.92. The Morgan fingerprint density at radius 2 is 2.37 bits per heavy atom. The molecule has 1 amide bonds. The van der Waals surface area contributed by atoms with E-state index in [0.29, 0.717) is 18.1 Å². The summed E-state index contributed by atoms with van der Waals surface area (Å²) in [5, 5.41) is 0. The average molecular weight is 265 g/mol. The van der Waals surface area contributed by atoms with Crippen molar-refractivity contribution in [2.45, 2.75) is 31.9 Å². The smallest absolute Gasteiger partial charge is 0.274 e. The molecule has 0 saturated carbocycles. The molecular weight excluding hydrogens is 246 g/mol. The first-order chi connectivity index (χ1) is 9.15. The van der Waals surface area contributed by atoms with Crippen LogP contribution in [0, 0.1) is 0 Å². The van der Waals surface area contributed by atoms with Gasteiger partial charge in [0.15, 0.2) is 5.82 Å². The number of methoxy groups -OCH3 is 1. The van der Waals surface area contributed by atoms with Crippen LogP contribution in [0.2, 0.25) is 0 Å². The highest BCUT2D eigenvalue weighted by Crippen LogP contribution is 2.21. The van der Waals surface area contributed by atoms with Gasteiger partial charge in [-0.25, -0.2) is 10.8 Å². The number of nitrogens with two attached hydrogens (primary N) is 1. The van der Waals surface area contributed by atoms with Gasteiger partial charge < -0.3 is 15.1 Å². The Bertz CT molecular complexity index is 454. The van der Waals surface area contributed by atoms with E-state index in [-0.39, 0.29) is 18.1 Å². The van der Waals surface area contributed by atoms with E-state index in [1.807, 2.05) is 6.92 Å². The van der Waals surface area contributed by atoms with Crippen LogP contribution < -0.4 is 11.3 Å². The van der Waals surface area contributed by atoms with Crippen LogP contribution in [0.1, 0.15) is 30.3 Å². The predicted molar refractivity (Wildman–Crippen MR) is 70.4 cm³/mol. The van der Waals surface area contributed by atoms with Gasteiger partial charge in [-0.15, -0.1) is 0 Å². The van der Waals surface area contributed by atoms with Crippen LogP contribution in [0.4, 0.5) is 5.82 Å². The summed E-state index contributed by atoms with van der Waals surface area (Å²) in [6.07, 6.45) is 4.83. The van der Waals surface area contributed by atoms with Crippen LogP contribution in [-0.2, 0) is 4.74 Å². The fraction of sp³-hybridized carbons (Fsp3) is 0.583. The highest BCUT2D eigenvalue weighted by Gasteiger charge is 2.30. The normalized spacial score (nSPS) is 23.2.